The number of carbonyl (C=O) groups is 1. The summed E-state index contributed by atoms with van der Waals surface area (Å²) in [6.45, 7) is 6.45. The zero-order valence-corrected chi connectivity index (χ0v) is 17.7. The highest BCUT2D eigenvalue weighted by Crippen LogP contribution is 2.23. The number of hydrogen-bond donors (Lipinski definition) is 0. The number of hydrogen-bond acceptors (Lipinski definition) is 5. The maximum Gasteiger partial charge on any atom is 0.255 e. The Morgan fingerprint density at radius 2 is 1.69 bits per heavy atom. The second-order valence-corrected chi connectivity index (χ2v) is 7.82. The molecule has 0 atom stereocenters. The zero-order valence-electron chi connectivity index (χ0n) is 16.1. The molecule has 1 saturated heterocycles. The van der Waals surface area contributed by atoms with Crippen molar-refractivity contribution in [3.05, 3.63) is 63.7 Å². The minimum Gasteiger partial charge on any atom is -0.353 e. The first-order valence-corrected chi connectivity index (χ1v) is 10.0. The molecule has 3 aromatic rings. The van der Waals surface area contributed by atoms with Crippen LogP contribution in [-0.4, -0.2) is 56.7 Å². The number of halogens is 2. The van der Waals surface area contributed by atoms with Crippen LogP contribution in [0.2, 0.25) is 10.0 Å². The largest absolute Gasteiger partial charge is 0.353 e. The van der Waals surface area contributed by atoms with Crippen molar-refractivity contribution in [3.63, 3.8) is 0 Å². The number of amides is 1. The standard InChI is InChI=1S/C20H20Cl2N6O/c1-13-9-14(2)28(25-13)19-11-18(23-12-24-19)26-5-7-27(8-6-26)20(29)16-4-3-15(21)10-17(16)22/h3-4,9-12H,5-8H2,1-2H3. The van der Waals surface area contributed by atoms with Gasteiger partial charge in [-0.25, -0.2) is 14.6 Å². The van der Waals surface area contributed by atoms with Gasteiger partial charge in [-0.3, -0.25) is 4.79 Å². The summed E-state index contributed by atoms with van der Waals surface area (Å²) in [5, 5.41) is 5.37. The summed E-state index contributed by atoms with van der Waals surface area (Å²) in [5.74, 6) is 1.46. The molecule has 9 heteroatoms. The maximum atomic E-state index is 12.8. The van der Waals surface area contributed by atoms with Gasteiger partial charge in [0.2, 0.25) is 0 Å². The van der Waals surface area contributed by atoms with E-state index < -0.39 is 0 Å². The van der Waals surface area contributed by atoms with Crippen molar-refractivity contribution < 1.29 is 4.79 Å². The van der Waals surface area contributed by atoms with Crippen LogP contribution in [0.15, 0.2) is 36.7 Å². The van der Waals surface area contributed by atoms with E-state index in [4.69, 9.17) is 23.2 Å². The van der Waals surface area contributed by atoms with Crippen LogP contribution in [0.3, 0.4) is 0 Å². The third kappa shape index (κ3) is 4.06. The van der Waals surface area contributed by atoms with Crippen molar-refractivity contribution in [2.75, 3.05) is 31.1 Å². The highest BCUT2D eigenvalue weighted by atomic mass is 35.5. The maximum absolute atomic E-state index is 12.8. The van der Waals surface area contributed by atoms with E-state index in [1.54, 1.807) is 29.4 Å². The first kappa shape index (κ1) is 19.7. The Bertz CT molecular complexity index is 1060. The molecule has 150 valence electrons. The van der Waals surface area contributed by atoms with Gasteiger partial charge < -0.3 is 9.80 Å². The number of carbonyl (C=O) groups excluding carboxylic acids is 1. The molecule has 0 N–H and O–H groups in total. The molecule has 3 heterocycles. The lowest BCUT2D eigenvalue weighted by Crippen LogP contribution is -2.49. The van der Waals surface area contributed by atoms with E-state index in [0.29, 0.717) is 41.8 Å². The van der Waals surface area contributed by atoms with E-state index in [9.17, 15) is 4.79 Å². The predicted octanol–water partition coefficient (Wildman–Crippen LogP) is 3.55. The highest BCUT2D eigenvalue weighted by molar-refractivity contribution is 6.36. The van der Waals surface area contributed by atoms with Gasteiger partial charge in [0.15, 0.2) is 5.82 Å². The van der Waals surface area contributed by atoms with Gasteiger partial charge in [0.25, 0.3) is 5.91 Å². The van der Waals surface area contributed by atoms with Crippen LogP contribution in [0.1, 0.15) is 21.7 Å². The molecule has 2 aromatic heterocycles. The number of piperazine rings is 1. The zero-order chi connectivity index (χ0) is 20.5. The summed E-state index contributed by atoms with van der Waals surface area (Å²) in [5.41, 5.74) is 2.43. The summed E-state index contributed by atoms with van der Waals surface area (Å²) in [6, 6.07) is 8.87. The van der Waals surface area contributed by atoms with E-state index in [1.165, 1.54) is 0 Å². The second-order valence-electron chi connectivity index (χ2n) is 6.98. The van der Waals surface area contributed by atoms with Crippen LogP contribution >= 0.6 is 23.2 Å². The Balaban J connectivity index is 1.47. The van der Waals surface area contributed by atoms with Crippen molar-refractivity contribution in [1.82, 2.24) is 24.6 Å². The number of nitrogens with zero attached hydrogens (tertiary/aromatic N) is 6. The minimum absolute atomic E-state index is 0.0858. The fraction of sp³-hybridized carbons (Fsp3) is 0.300. The van der Waals surface area contributed by atoms with Crippen LogP contribution in [-0.2, 0) is 0 Å². The van der Waals surface area contributed by atoms with E-state index in [0.717, 1.165) is 23.0 Å². The molecule has 1 fully saturated rings. The Morgan fingerprint density at radius 3 is 2.34 bits per heavy atom. The van der Waals surface area contributed by atoms with Gasteiger partial charge in [0, 0.05) is 43.0 Å². The van der Waals surface area contributed by atoms with Gasteiger partial charge in [-0.05, 0) is 38.1 Å². The lowest BCUT2D eigenvalue weighted by atomic mass is 10.1. The molecule has 1 amide bonds. The van der Waals surface area contributed by atoms with Gasteiger partial charge in [-0.15, -0.1) is 0 Å². The smallest absolute Gasteiger partial charge is 0.255 e. The molecule has 0 saturated carbocycles. The topological polar surface area (TPSA) is 67.2 Å². The molecule has 1 aliphatic rings. The molecule has 0 unspecified atom stereocenters. The summed E-state index contributed by atoms with van der Waals surface area (Å²) < 4.78 is 1.81. The minimum atomic E-state index is -0.0858. The molecule has 1 aromatic carbocycles. The number of aromatic nitrogens is 4. The van der Waals surface area contributed by atoms with Crippen molar-refractivity contribution in [1.29, 1.82) is 0 Å². The Kier molecular flexibility index (Phi) is 5.43. The van der Waals surface area contributed by atoms with Gasteiger partial charge in [0.05, 0.1) is 16.3 Å². The SMILES string of the molecule is Cc1cc(C)n(-c2cc(N3CCN(C(=O)c4ccc(Cl)cc4Cl)CC3)ncn2)n1. The molecule has 7 nitrogen and oxygen atoms in total. The average Bonchev–Trinajstić information content (AvgIpc) is 3.06. The van der Waals surface area contributed by atoms with Crippen LogP contribution in [0.5, 0.6) is 0 Å². The van der Waals surface area contributed by atoms with Crippen LogP contribution in [0.25, 0.3) is 5.82 Å². The Hall–Kier alpha value is -2.64. The van der Waals surface area contributed by atoms with E-state index in [-0.39, 0.29) is 5.91 Å². The van der Waals surface area contributed by atoms with Crippen molar-refractivity contribution in [2.24, 2.45) is 0 Å². The van der Waals surface area contributed by atoms with Crippen LogP contribution in [0, 0.1) is 13.8 Å². The number of aryl methyl sites for hydroxylation is 2. The molecule has 0 aliphatic carbocycles. The third-order valence-electron chi connectivity index (χ3n) is 4.92. The average molecular weight is 431 g/mol. The fourth-order valence-corrected chi connectivity index (χ4v) is 3.95. The van der Waals surface area contributed by atoms with Gasteiger partial charge in [-0.1, -0.05) is 23.2 Å². The number of benzene rings is 1. The highest BCUT2D eigenvalue weighted by Gasteiger charge is 2.24. The lowest BCUT2D eigenvalue weighted by molar-refractivity contribution is 0.0746. The first-order valence-electron chi connectivity index (χ1n) is 9.27. The van der Waals surface area contributed by atoms with Crippen molar-refractivity contribution in [2.45, 2.75) is 13.8 Å². The molecular weight excluding hydrogens is 411 g/mol. The fourth-order valence-electron chi connectivity index (χ4n) is 3.46. The second kappa shape index (κ2) is 8.00. The van der Waals surface area contributed by atoms with Gasteiger partial charge in [0.1, 0.15) is 12.1 Å². The van der Waals surface area contributed by atoms with Crippen LogP contribution < -0.4 is 4.90 Å². The van der Waals surface area contributed by atoms with E-state index in [2.05, 4.69) is 20.0 Å². The van der Waals surface area contributed by atoms with Crippen molar-refractivity contribution >= 4 is 34.9 Å². The van der Waals surface area contributed by atoms with Crippen LogP contribution in [0.4, 0.5) is 5.82 Å². The monoisotopic (exact) mass is 430 g/mol. The van der Waals surface area contributed by atoms with Crippen molar-refractivity contribution in [3.8, 4) is 5.82 Å². The molecule has 29 heavy (non-hydrogen) atoms. The summed E-state index contributed by atoms with van der Waals surface area (Å²) in [6.07, 6.45) is 1.55. The normalized spacial score (nSPS) is 14.3. The number of rotatable bonds is 3. The summed E-state index contributed by atoms with van der Waals surface area (Å²) in [4.78, 5) is 25.5. The summed E-state index contributed by atoms with van der Waals surface area (Å²) >= 11 is 12.1. The third-order valence-corrected chi connectivity index (χ3v) is 5.47. The first-order chi connectivity index (χ1) is 13.9. The van der Waals surface area contributed by atoms with E-state index in [1.807, 2.05) is 30.7 Å². The van der Waals surface area contributed by atoms with Gasteiger partial charge in [-0.2, -0.15) is 5.10 Å². The molecule has 0 bridgehead atoms. The van der Waals surface area contributed by atoms with Gasteiger partial charge >= 0.3 is 0 Å². The molecule has 0 radical (unpaired) electrons. The predicted molar refractivity (Wildman–Crippen MR) is 113 cm³/mol. The summed E-state index contributed by atoms with van der Waals surface area (Å²) in [7, 11) is 0. The molecule has 0 spiro atoms. The Labute approximate surface area is 178 Å². The molecule has 1 aliphatic heterocycles. The molecule has 4 rings (SSSR count). The molecular formula is C20H20Cl2N6O. The quantitative estimate of drug-likeness (QED) is 0.635. The van der Waals surface area contributed by atoms with E-state index >= 15 is 0 Å². The number of anilines is 1. The lowest BCUT2D eigenvalue weighted by Gasteiger charge is -2.35. The Morgan fingerprint density at radius 1 is 0.966 bits per heavy atom.